The van der Waals surface area contributed by atoms with Gasteiger partial charge in [0.25, 0.3) is 0 Å². The molecule has 0 spiro atoms. The van der Waals surface area contributed by atoms with Crippen LogP contribution in [0.4, 0.5) is 14.9 Å². The van der Waals surface area contributed by atoms with Crippen LogP contribution in [-0.2, 0) is 19.1 Å². The Balaban J connectivity index is 1.94. The third-order valence-corrected chi connectivity index (χ3v) is 3.42. The fraction of sp³-hybridized carbons (Fsp3) is 0.375. The zero-order chi connectivity index (χ0) is 18.4. The molecular formula is C16H18FN3O5. The predicted octanol–water partition coefficient (Wildman–Crippen LogP) is 0.982. The molecule has 134 valence electrons. The highest BCUT2D eigenvalue weighted by molar-refractivity contribution is 6.45. The number of benzene rings is 1. The molecule has 25 heavy (non-hydrogen) atoms. The average molecular weight is 351 g/mol. The zero-order valence-corrected chi connectivity index (χ0v) is 13.7. The lowest BCUT2D eigenvalue weighted by Gasteiger charge is -2.15. The van der Waals surface area contributed by atoms with E-state index in [2.05, 4.69) is 5.32 Å². The van der Waals surface area contributed by atoms with E-state index in [4.69, 9.17) is 4.74 Å². The Labute approximate surface area is 143 Å². The largest absolute Gasteiger partial charge is 0.382 e. The van der Waals surface area contributed by atoms with Crippen molar-refractivity contribution in [3.63, 3.8) is 0 Å². The lowest BCUT2D eigenvalue weighted by atomic mass is 10.3. The Hall–Kier alpha value is -2.81. The molecule has 0 radical (unpaired) electrons. The first-order valence-electron chi connectivity index (χ1n) is 7.74. The van der Waals surface area contributed by atoms with Gasteiger partial charge in [0.05, 0.1) is 0 Å². The number of amides is 5. The minimum atomic E-state index is -1.06. The van der Waals surface area contributed by atoms with Gasteiger partial charge >= 0.3 is 17.8 Å². The normalized spacial score (nSPS) is 14.4. The molecule has 1 fully saturated rings. The average Bonchev–Trinajstić information content (AvgIpc) is 2.76. The van der Waals surface area contributed by atoms with Gasteiger partial charge in [-0.15, -0.1) is 0 Å². The van der Waals surface area contributed by atoms with Crippen LogP contribution in [0.2, 0.25) is 0 Å². The van der Waals surface area contributed by atoms with Crippen LogP contribution in [0.3, 0.4) is 0 Å². The van der Waals surface area contributed by atoms with E-state index in [9.17, 15) is 23.6 Å². The van der Waals surface area contributed by atoms with Gasteiger partial charge in [0.2, 0.25) is 5.91 Å². The molecule has 2 rings (SSSR count). The van der Waals surface area contributed by atoms with E-state index in [0.717, 1.165) is 11.0 Å². The van der Waals surface area contributed by atoms with E-state index in [1.54, 1.807) is 0 Å². The molecule has 0 atom stereocenters. The minimum absolute atomic E-state index is 0.0332. The second-order valence-electron chi connectivity index (χ2n) is 5.24. The molecule has 0 aliphatic carbocycles. The standard InChI is InChI=1S/C16H18FN3O5/c1-2-25-8-4-7-19-14(22)15(23)20(16(19)24)10-13(21)18-12-6-3-5-11(17)9-12/h3,5-6,9H,2,4,7-8,10H2,1H3,(H,18,21). The first kappa shape index (κ1) is 18.5. The Morgan fingerprint density at radius 3 is 2.60 bits per heavy atom. The van der Waals surface area contributed by atoms with Crippen molar-refractivity contribution in [3.05, 3.63) is 30.1 Å². The van der Waals surface area contributed by atoms with E-state index in [-0.39, 0.29) is 12.2 Å². The van der Waals surface area contributed by atoms with Crippen LogP contribution in [0, 0.1) is 5.82 Å². The number of halogens is 1. The maximum absolute atomic E-state index is 13.1. The van der Waals surface area contributed by atoms with Crippen molar-refractivity contribution >= 4 is 29.4 Å². The van der Waals surface area contributed by atoms with Crippen LogP contribution in [0.5, 0.6) is 0 Å². The summed E-state index contributed by atoms with van der Waals surface area (Å²) in [6.45, 7) is 2.08. The second kappa shape index (κ2) is 8.34. The summed E-state index contributed by atoms with van der Waals surface area (Å²) in [5.74, 6) is -3.28. The molecule has 1 saturated heterocycles. The number of rotatable bonds is 8. The molecule has 1 heterocycles. The van der Waals surface area contributed by atoms with E-state index < -0.39 is 36.1 Å². The molecule has 0 bridgehead atoms. The first-order valence-corrected chi connectivity index (χ1v) is 7.74. The third-order valence-electron chi connectivity index (χ3n) is 3.42. The Morgan fingerprint density at radius 1 is 1.20 bits per heavy atom. The number of ether oxygens (including phenoxy) is 1. The lowest BCUT2D eigenvalue weighted by Crippen LogP contribution is -2.39. The number of carbonyl (C=O) groups excluding carboxylic acids is 4. The first-order chi connectivity index (χ1) is 11.9. The monoisotopic (exact) mass is 351 g/mol. The Kier molecular flexibility index (Phi) is 6.18. The molecule has 9 heteroatoms. The summed E-state index contributed by atoms with van der Waals surface area (Å²) in [4.78, 5) is 49.2. The maximum atomic E-state index is 13.1. The minimum Gasteiger partial charge on any atom is -0.382 e. The number of imide groups is 2. The quantitative estimate of drug-likeness (QED) is 0.428. The fourth-order valence-corrected chi connectivity index (χ4v) is 2.27. The van der Waals surface area contributed by atoms with Gasteiger partial charge in [-0.1, -0.05) is 6.07 Å². The van der Waals surface area contributed by atoms with Crippen molar-refractivity contribution in [2.75, 3.05) is 31.6 Å². The summed E-state index contributed by atoms with van der Waals surface area (Å²) in [6.07, 6.45) is 0.391. The number of hydrogen-bond acceptors (Lipinski definition) is 5. The summed E-state index contributed by atoms with van der Waals surface area (Å²) in [7, 11) is 0. The van der Waals surface area contributed by atoms with Crippen LogP contribution < -0.4 is 5.32 Å². The topological polar surface area (TPSA) is 96.0 Å². The van der Waals surface area contributed by atoms with Crippen LogP contribution in [0.25, 0.3) is 0 Å². The van der Waals surface area contributed by atoms with Gasteiger partial charge in [0.1, 0.15) is 12.4 Å². The highest BCUT2D eigenvalue weighted by atomic mass is 19.1. The van der Waals surface area contributed by atoms with Crippen molar-refractivity contribution in [2.45, 2.75) is 13.3 Å². The molecule has 1 aromatic carbocycles. The molecule has 0 unspecified atom stereocenters. The number of nitrogens with one attached hydrogen (secondary N) is 1. The maximum Gasteiger partial charge on any atom is 0.334 e. The van der Waals surface area contributed by atoms with Gasteiger partial charge in [0.15, 0.2) is 0 Å². The van der Waals surface area contributed by atoms with Gasteiger partial charge in [-0.05, 0) is 31.5 Å². The number of nitrogens with zero attached hydrogens (tertiary/aromatic N) is 2. The van der Waals surface area contributed by atoms with Crippen LogP contribution >= 0.6 is 0 Å². The summed E-state index contributed by atoms with van der Waals surface area (Å²) >= 11 is 0. The molecule has 0 saturated carbocycles. The van der Waals surface area contributed by atoms with Crippen LogP contribution in [0.1, 0.15) is 13.3 Å². The van der Waals surface area contributed by atoms with E-state index in [0.29, 0.717) is 24.5 Å². The van der Waals surface area contributed by atoms with Crippen molar-refractivity contribution in [1.29, 1.82) is 0 Å². The molecular weight excluding hydrogens is 333 g/mol. The van der Waals surface area contributed by atoms with Gasteiger partial charge in [-0.3, -0.25) is 19.3 Å². The van der Waals surface area contributed by atoms with E-state index in [1.807, 2.05) is 6.92 Å². The van der Waals surface area contributed by atoms with Crippen LogP contribution in [-0.4, -0.2) is 59.9 Å². The van der Waals surface area contributed by atoms with Crippen molar-refractivity contribution < 1.29 is 28.3 Å². The number of anilines is 1. The summed E-state index contributed by atoms with van der Waals surface area (Å²) in [6, 6.07) is 4.32. The summed E-state index contributed by atoms with van der Waals surface area (Å²) in [5, 5.41) is 2.37. The summed E-state index contributed by atoms with van der Waals surface area (Å²) in [5.41, 5.74) is 0.184. The number of urea groups is 1. The second-order valence-corrected chi connectivity index (χ2v) is 5.24. The fourth-order valence-electron chi connectivity index (χ4n) is 2.27. The molecule has 8 nitrogen and oxygen atoms in total. The van der Waals surface area contributed by atoms with Gasteiger partial charge in [-0.2, -0.15) is 0 Å². The van der Waals surface area contributed by atoms with Gasteiger partial charge in [0, 0.05) is 25.4 Å². The molecule has 1 aliphatic heterocycles. The molecule has 0 aromatic heterocycles. The van der Waals surface area contributed by atoms with Gasteiger partial charge < -0.3 is 10.1 Å². The zero-order valence-electron chi connectivity index (χ0n) is 13.7. The Morgan fingerprint density at radius 2 is 1.92 bits per heavy atom. The number of carbonyl (C=O) groups is 4. The van der Waals surface area contributed by atoms with Gasteiger partial charge in [-0.25, -0.2) is 14.1 Å². The molecule has 1 N–H and O–H groups in total. The highest BCUT2D eigenvalue weighted by Crippen LogP contribution is 2.14. The number of hydrogen-bond donors (Lipinski definition) is 1. The molecule has 1 aliphatic rings. The molecule has 5 amide bonds. The lowest BCUT2D eigenvalue weighted by molar-refractivity contribution is -0.143. The van der Waals surface area contributed by atoms with E-state index >= 15 is 0 Å². The predicted molar refractivity (Wildman–Crippen MR) is 85.0 cm³/mol. The third kappa shape index (κ3) is 4.60. The SMILES string of the molecule is CCOCCCN1C(=O)C(=O)N(CC(=O)Nc2cccc(F)c2)C1=O. The van der Waals surface area contributed by atoms with E-state index in [1.165, 1.54) is 18.2 Å². The van der Waals surface area contributed by atoms with Crippen molar-refractivity contribution in [2.24, 2.45) is 0 Å². The highest BCUT2D eigenvalue weighted by Gasteiger charge is 2.44. The van der Waals surface area contributed by atoms with Crippen molar-refractivity contribution in [1.82, 2.24) is 9.80 Å². The van der Waals surface area contributed by atoms with Crippen molar-refractivity contribution in [3.8, 4) is 0 Å². The smallest absolute Gasteiger partial charge is 0.334 e. The van der Waals surface area contributed by atoms with Crippen LogP contribution in [0.15, 0.2) is 24.3 Å². The summed E-state index contributed by atoms with van der Waals surface area (Å²) < 4.78 is 18.2. The Bertz CT molecular complexity index is 694. The molecule has 1 aromatic rings.